The van der Waals surface area contributed by atoms with Gasteiger partial charge in [0.2, 0.25) is 0 Å². The average molecular weight is 503 g/mol. The van der Waals surface area contributed by atoms with E-state index in [1.165, 1.54) is 11.3 Å². The molecule has 1 aliphatic rings. The Morgan fingerprint density at radius 1 is 1.33 bits per heavy atom. The molecule has 2 N–H and O–H groups in total. The first-order valence-electron chi connectivity index (χ1n) is 9.21. The van der Waals surface area contributed by atoms with E-state index in [4.69, 9.17) is 16.0 Å². The summed E-state index contributed by atoms with van der Waals surface area (Å²) in [5, 5.41) is 7.56. The van der Waals surface area contributed by atoms with Gasteiger partial charge in [-0.1, -0.05) is 17.7 Å². The number of hydrogen-bond donors (Lipinski definition) is 2. The zero-order valence-corrected chi connectivity index (χ0v) is 19.0. The van der Waals surface area contributed by atoms with E-state index in [1.54, 1.807) is 6.26 Å². The van der Waals surface area contributed by atoms with Gasteiger partial charge in [0.15, 0.2) is 5.96 Å². The first kappa shape index (κ1) is 21.9. The van der Waals surface area contributed by atoms with Crippen LogP contribution in [0.15, 0.2) is 46.0 Å². The highest BCUT2D eigenvalue weighted by atomic mass is 127. The number of nitrogens with one attached hydrogen (secondary N) is 2. The summed E-state index contributed by atoms with van der Waals surface area (Å²) in [6.45, 7) is 8.59. The number of halogens is 2. The zero-order chi connectivity index (χ0) is 18.4. The highest BCUT2D eigenvalue weighted by Crippen LogP contribution is 2.29. The first-order chi connectivity index (χ1) is 12.7. The molecule has 148 valence electrons. The topological polar surface area (TPSA) is 52.8 Å². The van der Waals surface area contributed by atoms with E-state index in [9.17, 15) is 0 Å². The third kappa shape index (κ3) is 6.31. The molecule has 0 amide bonds. The number of aliphatic imine (C=N–C) groups is 1. The number of guanidine groups is 1. The standard InChI is InChI=1S/C20H27ClN4O.HI/c1-3-22-20(24-13-18-5-4-10-26-18)23-12-16-8-9-25(14-16)19-11-17(21)7-6-15(19)2;/h4-7,10-11,16H,3,8-9,12-14H2,1-2H3,(H2,22,23,24);1H. The predicted molar refractivity (Wildman–Crippen MR) is 123 cm³/mol. The van der Waals surface area contributed by atoms with Gasteiger partial charge in [-0.3, -0.25) is 0 Å². The molecule has 1 saturated heterocycles. The third-order valence-corrected chi connectivity index (χ3v) is 4.91. The lowest BCUT2D eigenvalue weighted by molar-refractivity contribution is 0.511. The quantitative estimate of drug-likeness (QED) is 0.348. The summed E-state index contributed by atoms with van der Waals surface area (Å²) in [4.78, 5) is 7.02. The van der Waals surface area contributed by atoms with Gasteiger partial charge in [0.05, 0.1) is 6.26 Å². The van der Waals surface area contributed by atoms with Crippen LogP contribution in [0, 0.1) is 12.8 Å². The minimum atomic E-state index is 0. The summed E-state index contributed by atoms with van der Waals surface area (Å²) < 4.78 is 5.34. The lowest BCUT2D eigenvalue weighted by Crippen LogP contribution is -2.40. The number of rotatable bonds is 6. The third-order valence-electron chi connectivity index (χ3n) is 4.67. The van der Waals surface area contributed by atoms with Gasteiger partial charge in [-0.05, 0) is 56.0 Å². The fourth-order valence-corrected chi connectivity index (χ4v) is 3.45. The largest absolute Gasteiger partial charge is 0.467 e. The lowest BCUT2D eigenvalue weighted by atomic mass is 10.1. The van der Waals surface area contributed by atoms with E-state index in [0.717, 1.165) is 49.3 Å². The first-order valence-corrected chi connectivity index (χ1v) is 9.59. The smallest absolute Gasteiger partial charge is 0.191 e. The molecule has 0 radical (unpaired) electrons. The lowest BCUT2D eigenvalue weighted by Gasteiger charge is -2.21. The molecule has 5 nitrogen and oxygen atoms in total. The van der Waals surface area contributed by atoms with Crippen LogP contribution < -0.4 is 15.5 Å². The summed E-state index contributed by atoms with van der Waals surface area (Å²) in [6, 6.07) is 9.94. The van der Waals surface area contributed by atoms with E-state index in [1.807, 2.05) is 18.2 Å². The Bertz CT molecular complexity index is 736. The fraction of sp³-hybridized carbons (Fsp3) is 0.450. The molecule has 1 aromatic heterocycles. The molecule has 1 fully saturated rings. The van der Waals surface area contributed by atoms with Crippen LogP contribution in [0.4, 0.5) is 5.69 Å². The van der Waals surface area contributed by atoms with E-state index < -0.39 is 0 Å². The second kappa shape index (κ2) is 10.8. The molecule has 3 rings (SSSR count). The van der Waals surface area contributed by atoms with Crippen molar-refractivity contribution in [2.75, 3.05) is 31.1 Å². The van der Waals surface area contributed by atoms with Gasteiger partial charge in [-0.15, -0.1) is 24.0 Å². The molecule has 1 unspecified atom stereocenters. The Kier molecular flexibility index (Phi) is 8.76. The molecule has 1 aliphatic heterocycles. The Labute approximate surface area is 183 Å². The van der Waals surface area contributed by atoms with Crippen molar-refractivity contribution in [1.29, 1.82) is 0 Å². The predicted octanol–water partition coefficient (Wildman–Crippen LogP) is 4.44. The number of aryl methyl sites for hydroxylation is 1. The van der Waals surface area contributed by atoms with Crippen molar-refractivity contribution in [2.24, 2.45) is 10.9 Å². The molecule has 1 atom stereocenters. The maximum atomic E-state index is 6.18. The van der Waals surface area contributed by atoms with Crippen LogP contribution in [0.25, 0.3) is 0 Å². The summed E-state index contributed by atoms with van der Waals surface area (Å²) >= 11 is 6.18. The molecule has 7 heteroatoms. The molecule has 27 heavy (non-hydrogen) atoms. The van der Waals surface area contributed by atoms with E-state index >= 15 is 0 Å². The van der Waals surface area contributed by atoms with Crippen molar-refractivity contribution in [1.82, 2.24) is 10.6 Å². The molecular weight excluding hydrogens is 475 g/mol. The minimum Gasteiger partial charge on any atom is -0.467 e. The Morgan fingerprint density at radius 3 is 2.93 bits per heavy atom. The monoisotopic (exact) mass is 502 g/mol. The van der Waals surface area contributed by atoms with Crippen molar-refractivity contribution >= 4 is 47.2 Å². The van der Waals surface area contributed by atoms with Crippen LogP contribution >= 0.6 is 35.6 Å². The number of furan rings is 1. The van der Waals surface area contributed by atoms with Crippen LogP contribution in [0.3, 0.4) is 0 Å². The molecule has 0 bridgehead atoms. The highest BCUT2D eigenvalue weighted by Gasteiger charge is 2.24. The molecule has 1 aromatic carbocycles. The van der Waals surface area contributed by atoms with Crippen molar-refractivity contribution in [3.63, 3.8) is 0 Å². The molecule has 0 aliphatic carbocycles. The van der Waals surface area contributed by atoms with Crippen LogP contribution in [-0.4, -0.2) is 32.1 Å². The number of anilines is 1. The van der Waals surface area contributed by atoms with Crippen LogP contribution in [0.1, 0.15) is 24.7 Å². The second-order valence-electron chi connectivity index (χ2n) is 6.69. The van der Waals surface area contributed by atoms with Crippen molar-refractivity contribution in [3.8, 4) is 0 Å². The van der Waals surface area contributed by atoms with Crippen molar-refractivity contribution in [2.45, 2.75) is 26.8 Å². The minimum absolute atomic E-state index is 0. The van der Waals surface area contributed by atoms with Crippen molar-refractivity contribution < 1.29 is 4.42 Å². The molecule has 0 saturated carbocycles. The second-order valence-corrected chi connectivity index (χ2v) is 7.12. The maximum Gasteiger partial charge on any atom is 0.191 e. The summed E-state index contributed by atoms with van der Waals surface area (Å²) in [6.07, 6.45) is 2.84. The summed E-state index contributed by atoms with van der Waals surface area (Å²) in [5.41, 5.74) is 2.52. The molecule has 2 aromatic rings. The normalized spacial score (nSPS) is 16.9. The van der Waals surface area contributed by atoms with Gasteiger partial charge in [0.25, 0.3) is 0 Å². The van der Waals surface area contributed by atoms with Crippen LogP contribution in [-0.2, 0) is 6.54 Å². The van der Waals surface area contributed by atoms with Gasteiger partial charge >= 0.3 is 0 Å². The van der Waals surface area contributed by atoms with Gasteiger partial charge in [0, 0.05) is 36.9 Å². The van der Waals surface area contributed by atoms with Gasteiger partial charge in [-0.2, -0.15) is 0 Å². The summed E-state index contributed by atoms with van der Waals surface area (Å²) in [5.74, 6) is 2.29. The Morgan fingerprint density at radius 2 is 2.19 bits per heavy atom. The van der Waals surface area contributed by atoms with Gasteiger partial charge < -0.3 is 20.0 Å². The van der Waals surface area contributed by atoms with Gasteiger partial charge in [-0.25, -0.2) is 4.99 Å². The fourth-order valence-electron chi connectivity index (χ4n) is 3.28. The molecule has 2 heterocycles. The maximum absolute atomic E-state index is 6.18. The number of nitrogens with zero attached hydrogens (tertiary/aromatic N) is 2. The van der Waals surface area contributed by atoms with E-state index in [-0.39, 0.29) is 24.0 Å². The van der Waals surface area contributed by atoms with Crippen LogP contribution in [0.5, 0.6) is 0 Å². The highest BCUT2D eigenvalue weighted by molar-refractivity contribution is 14.0. The van der Waals surface area contributed by atoms with E-state index in [2.05, 4.69) is 46.5 Å². The zero-order valence-electron chi connectivity index (χ0n) is 15.9. The van der Waals surface area contributed by atoms with Crippen LogP contribution in [0.2, 0.25) is 5.02 Å². The molecular formula is C20H28ClIN4O. The molecule has 0 spiro atoms. The SMILES string of the molecule is CCNC(=NCc1ccco1)NCC1CCN(c2cc(Cl)ccc2C)C1.I. The number of benzene rings is 1. The Hall–Kier alpha value is -1.41. The van der Waals surface area contributed by atoms with Crippen molar-refractivity contribution in [3.05, 3.63) is 52.9 Å². The number of hydrogen-bond acceptors (Lipinski definition) is 3. The van der Waals surface area contributed by atoms with E-state index in [0.29, 0.717) is 12.5 Å². The summed E-state index contributed by atoms with van der Waals surface area (Å²) in [7, 11) is 0. The van der Waals surface area contributed by atoms with Gasteiger partial charge in [0.1, 0.15) is 12.3 Å². The average Bonchev–Trinajstić information content (AvgIpc) is 3.31. The Balaban J connectivity index is 0.00000261.